The van der Waals surface area contributed by atoms with Gasteiger partial charge in [-0.05, 0) is 27.7 Å². The first-order valence-corrected chi connectivity index (χ1v) is 8.08. The Morgan fingerprint density at radius 2 is 1.76 bits per heavy atom. The molecule has 0 bridgehead atoms. The second-order valence-electron chi connectivity index (χ2n) is 5.30. The first-order chi connectivity index (χ1) is 9.64. The largest absolute Gasteiger partial charge is 0.373 e. The maximum atomic E-state index is 12.8. The van der Waals surface area contributed by atoms with E-state index in [0.717, 1.165) is 0 Å². The van der Waals surface area contributed by atoms with Crippen molar-refractivity contribution in [2.24, 2.45) is 0 Å². The molecule has 120 valence electrons. The van der Waals surface area contributed by atoms with E-state index in [2.05, 4.69) is 5.10 Å². The normalized spacial score (nSPS) is 24.7. The second-order valence-corrected chi connectivity index (χ2v) is 7.18. The number of nitrogens with zero attached hydrogens (tertiary/aromatic N) is 3. The summed E-state index contributed by atoms with van der Waals surface area (Å²) in [6, 6.07) is 0. The molecule has 2 rings (SSSR count). The number of aromatic nitrogens is 2. The van der Waals surface area contributed by atoms with Crippen LogP contribution in [0.5, 0.6) is 0 Å². The van der Waals surface area contributed by atoms with Crippen molar-refractivity contribution < 1.29 is 21.9 Å². The van der Waals surface area contributed by atoms with E-state index < -0.39 is 16.6 Å². The van der Waals surface area contributed by atoms with Gasteiger partial charge in [-0.15, -0.1) is 0 Å². The van der Waals surface area contributed by atoms with Crippen LogP contribution < -0.4 is 0 Å². The molecule has 1 aromatic heterocycles. The predicted molar refractivity (Wildman–Crippen MR) is 71.7 cm³/mol. The first-order valence-electron chi connectivity index (χ1n) is 6.64. The van der Waals surface area contributed by atoms with Crippen LogP contribution in [0.4, 0.5) is 8.78 Å². The summed E-state index contributed by atoms with van der Waals surface area (Å²) in [5.74, 6) is 0. The smallest absolute Gasteiger partial charge is 0.333 e. The van der Waals surface area contributed by atoms with Gasteiger partial charge < -0.3 is 4.74 Å². The molecule has 21 heavy (non-hydrogen) atoms. The monoisotopic (exact) mass is 323 g/mol. The highest BCUT2D eigenvalue weighted by Crippen LogP contribution is 2.28. The van der Waals surface area contributed by atoms with Gasteiger partial charge in [0.1, 0.15) is 4.90 Å². The molecule has 0 aliphatic carbocycles. The summed E-state index contributed by atoms with van der Waals surface area (Å²) in [6.07, 6.45) is -0.483. The van der Waals surface area contributed by atoms with Gasteiger partial charge in [0.25, 0.3) is 0 Å². The fraction of sp³-hybridized carbons (Fsp3) is 0.750. The fourth-order valence-electron chi connectivity index (χ4n) is 2.67. The van der Waals surface area contributed by atoms with Gasteiger partial charge in [0, 0.05) is 13.1 Å². The highest BCUT2D eigenvalue weighted by Gasteiger charge is 2.36. The lowest BCUT2D eigenvalue weighted by atomic mass is 10.3. The Morgan fingerprint density at radius 3 is 2.19 bits per heavy atom. The maximum Gasteiger partial charge on any atom is 0.333 e. The zero-order chi connectivity index (χ0) is 15.9. The van der Waals surface area contributed by atoms with Crippen molar-refractivity contribution >= 4 is 10.0 Å². The number of ether oxygens (including phenoxy) is 1. The quantitative estimate of drug-likeness (QED) is 0.849. The van der Waals surface area contributed by atoms with Crippen LogP contribution in [0.2, 0.25) is 0 Å². The van der Waals surface area contributed by atoms with Gasteiger partial charge >= 0.3 is 6.55 Å². The summed E-state index contributed by atoms with van der Waals surface area (Å²) in [7, 11) is -3.87. The molecular formula is C12H19F2N3O3S. The van der Waals surface area contributed by atoms with Crippen molar-refractivity contribution in [1.29, 1.82) is 0 Å². The molecule has 0 aromatic carbocycles. The molecular weight excluding hydrogens is 304 g/mol. The number of sulfonamides is 1. The number of hydrogen-bond donors (Lipinski definition) is 0. The zero-order valence-electron chi connectivity index (χ0n) is 12.4. The van der Waals surface area contributed by atoms with Crippen LogP contribution in [-0.4, -0.2) is 47.8 Å². The molecule has 9 heteroatoms. The Labute approximate surface area is 122 Å². The van der Waals surface area contributed by atoms with Gasteiger partial charge in [0.05, 0.1) is 23.6 Å². The zero-order valence-corrected chi connectivity index (χ0v) is 13.2. The van der Waals surface area contributed by atoms with Gasteiger partial charge in [-0.1, -0.05) is 0 Å². The van der Waals surface area contributed by atoms with Crippen molar-refractivity contribution in [3.63, 3.8) is 0 Å². The van der Waals surface area contributed by atoms with Crippen molar-refractivity contribution in [3.05, 3.63) is 11.4 Å². The molecule has 1 fully saturated rings. The molecule has 1 aliphatic rings. The summed E-state index contributed by atoms with van der Waals surface area (Å²) in [5, 5.41) is 3.64. The van der Waals surface area contributed by atoms with Gasteiger partial charge in [0.15, 0.2) is 0 Å². The summed E-state index contributed by atoms with van der Waals surface area (Å²) in [6.45, 7) is 3.85. The molecule has 0 spiro atoms. The standard InChI is InChI=1S/C12H19F2N3O3S/c1-7-5-16(6-8(2)20-7)21(18,19)11-9(3)15-17(10(11)4)12(13)14/h7-8,12H,5-6H2,1-4H3/t7-,8-/m0/s1. The second kappa shape index (κ2) is 5.62. The van der Waals surface area contributed by atoms with Crippen LogP contribution in [-0.2, 0) is 14.8 Å². The van der Waals surface area contributed by atoms with Crippen molar-refractivity contribution in [3.8, 4) is 0 Å². The number of hydrogen-bond acceptors (Lipinski definition) is 4. The SMILES string of the molecule is Cc1nn(C(F)F)c(C)c1S(=O)(=O)N1C[C@H](C)O[C@@H](C)C1. The number of halogens is 2. The third-order valence-electron chi connectivity index (χ3n) is 3.43. The molecule has 0 unspecified atom stereocenters. The summed E-state index contributed by atoms with van der Waals surface area (Å²) in [4.78, 5) is -0.135. The number of rotatable bonds is 3. The highest BCUT2D eigenvalue weighted by atomic mass is 32.2. The van der Waals surface area contributed by atoms with E-state index in [0.29, 0.717) is 4.68 Å². The van der Waals surface area contributed by atoms with E-state index in [1.54, 1.807) is 13.8 Å². The van der Waals surface area contributed by atoms with E-state index >= 15 is 0 Å². The summed E-state index contributed by atoms with van der Waals surface area (Å²) < 4.78 is 58.4. The molecule has 1 aliphatic heterocycles. The van der Waals surface area contributed by atoms with Crippen LogP contribution in [0.15, 0.2) is 4.90 Å². The highest BCUT2D eigenvalue weighted by molar-refractivity contribution is 7.89. The van der Waals surface area contributed by atoms with Gasteiger partial charge in [-0.3, -0.25) is 0 Å². The maximum absolute atomic E-state index is 12.8. The molecule has 0 N–H and O–H groups in total. The minimum absolute atomic E-state index is 0.0469. The Morgan fingerprint density at radius 1 is 1.24 bits per heavy atom. The van der Waals surface area contributed by atoms with Crippen molar-refractivity contribution in [2.75, 3.05) is 13.1 Å². The Kier molecular flexibility index (Phi) is 4.36. The lowest BCUT2D eigenvalue weighted by molar-refractivity contribution is -0.0441. The minimum Gasteiger partial charge on any atom is -0.373 e. The minimum atomic E-state index is -3.87. The molecule has 2 heterocycles. The number of alkyl halides is 2. The molecule has 1 aromatic rings. The average molecular weight is 323 g/mol. The van der Waals surface area contributed by atoms with E-state index in [1.165, 1.54) is 18.2 Å². The van der Waals surface area contributed by atoms with Crippen molar-refractivity contribution in [2.45, 2.75) is 51.3 Å². The van der Waals surface area contributed by atoms with Crippen LogP contribution >= 0.6 is 0 Å². The van der Waals surface area contributed by atoms with Gasteiger partial charge in [-0.25, -0.2) is 13.1 Å². The fourth-order valence-corrected chi connectivity index (χ4v) is 4.62. The average Bonchev–Trinajstić information content (AvgIpc) is 2.64. The Balaban J connectivity index is 2.45. The summed E-state index contributed by atoms with van der Waals surface area (Å²) in [5.41, 5.74) is 0.0360. The van der Waals surface area contributed by atoms with E-state index in [9.17, 15) is 17.2 Å². The van der Waals surface area contributed by atoms with E-state index in [1.807, 2.05) is 0 Å². The lowest BCUT2D eigenvalue weighted by Crippen LogP contribution is -2.48. The molecule has 0 amide bonds. The van der Waals surface area contributed by atoms with Crippen LogP contribution in [0.25, 0.3) is 0 Å². The van der Waals surface area contributed by atoms with Crippen molar-refractivity contribution in [1.82, 2.24) is 14.1 Å². The third-order valence-corrected chi connectivity index (χ3v) is 5.51. The first kappa shape index (κ1) is 16.3. The molecule has 1 saturated heterocycles. The van der Waals surface area contributed by atoms with Crippen LogP contribution in [0, 0.1) is 13.8 Å². The van der Waals surface area contributed by atoms with Crippen LogP contribution in [0.1, 0.15) is 31.8 Å². The molecule has 0 radical (unpaired) electrons. The molecule has 0 saturated carbocycles. The van der Waals surface area contributed by atoms with Gasteiger partial charge in [0.2, 0.25) is 10.0 Å². The number of aryl methyl sites for hydroxylation is 1. The number of morpholine rings is 1. The van der Waals surface area contributed by atoms with E-state index in [-0.39, 0.29) is 41.6 Å². The molecule has 2 atom stereocenters. The lowest BCUT2D eigenvalue weighted by Gasteiger charge is -2.34. The Bertz CT molecular complexity index is 620. The summed E-state index contributed by atoms with van der Waals surface area (Å²) >= 11 is 0. The predicted octanol–water partition coefficient (Wildman–Crippen LogP) is 1.69. The van der Waals surface area contributed by atoms with Gasteiger partial charge in [-0.2, -0.15) is 18.2 Å². The topological polar surface area (TPSA) is 64.4 Å². The third kappa shape index (κ3) is 2.95. The van der Waals surface area contributed by atoms with E-state index in [4.69, 9.17) is 4.74 Å². The molecule has 6 nitrogen and oxygen atoms in total. The Hall–Kier alpha value is -1.06. The van der Waals surface area contributed by atoms with Crippen LogP contribution in [0.3, 0.4) is 0 Å².